The first-order valence-corrected chi connectivity index (χ1v) is 10.4. The minimum atomic E-state index is -0.728. The lowest BCUT2D eigenvalue weighted by molar-refractivity contribution is -0.380. The van der Waals surface area contributed by atoms with Gasteiger partial charge in [-0.2, -0.15) is 0 Å². The minimum Gasteiger partial charge on any atom is -0.481 e. The summed E-state index contributed by atoms with van der Waals surface area (Å²) in [4.78, 5) is 38.2. The monoisotopic (exact) mass is 429 g/mol. The number of amides is 1. The van der Waals surface area contributed by atoms with E-state index in [1.807, 2.05) is 24.3 Å². The van der Waals surface area contributed by atoms with Gasteiger partial charge in [0.25, 0.3) is 0 Å². The summed E-state index contributed by atoms with van der Waals surface area (Å²) in [5.74, 6) is -1.20. The van der Waals surface area contributed by atoms with Crippen LogP contribution >= 0.6 is 11.3 Å². The van der Waals surface area contributed by atoms with Crippen LogP contribution < -0.4 is 4.90 Å². The van der Waals surface area contributed by atoms with E-state index in [0.717, 1.165) is 22.6 Å². The zero-order valence-electron chi connectivity index (χ0n) is 16.6. The van der Waals surface area contributed by atoms with Crippen LogP contribution in [0, 0.1) is 16.0 Å². The molecule has 2 heterocycles. The van der Waals surface area contributed by atoms with Crippen LogP contribution in [-0.4, -0.2) is 46.9 Å². The van der Waals surface area contributed by atoms with E-state index in [-0.39, 0.29) is 16.8 Å². The number of carbonyl (C=O) groups is 2. The number of aliphatic carboxylic acids is 1. The third kappa shape index (κ3) is 5.44. The zero-order valence-corrected chi connectivity index (χ0v) is 17.4. The molecule has 158 valence electrons. The quantitative estimate of drug-likeness (QED) is 0.409. The van der Waals surface area contributed by atoms with Gasteiger partial charge in [0, 0.05) is 49.4 Å². The first-order valence-electron chi connectivity index (χ1n) is 9.57. The Kier molecular flexibility index (Phi) is 6.83. The number of carboxylic acids is 1. The summed E-state index contributed by atoms with van der Waals surface area (Å²) < 4.78 is 0. The highest BCUT2D eigenvalue weighted by atomic mass is 32.1. The number of thiophene rings is 1. The summed E-state index contributed by atoms with van der Waals surface area (Å²) in [5.41, 5.74) is 2.00. The summed E-state index contributed by atoms with van der Waals surface area (Å²) in [7, 11) is 1.70. The molecule has 1 aliphatic heterocycles. The third-order valence-electron chi connectivity index (χ3n) is 5.10. The van der Waals surface area contributed by atoms with Crippen molar-refractivity contribution in [1.29, 1.82) is 0 Å². The van der Waals surface area contributed by atoms with Crippen molar-refractivity contribution in [3.63, 3.8) is 0 Å². The number of carbonyl (C=O) groups excluding carboxylic acids is 1. The third-order valence-corrected chi connectivity index (χ3v) is 6.10. The number of hydrogen-bond donors (Lipinski definition) is 1. The number of nitro groups is 1. The molecular formula is C21H23N3O5S. The van der Waals surface area contributed by atoms with E-state index in [4.69, 9.17) is 5.11 Å². The Morgan fingerprint density at radius 3 is 2.67 bits per heavy atom. The largest absolute Gasteiger partial charge is 0.481 e. The van der Waals surface area contributed by atoms with Crippen molar-refractivity contribution in [1.82, 2.24) is 4.90 Å². The van der Waals surface area contributed by atoms with Crippen molar-refractivity contribution in [3.05, 3.63) is 63.0 Å². The number of nitrogens with zero attached hydrogens (tertiary/aromatic N) is 3. The van der Waals surface area contributed by atoms with E-state index >= 15 is 0 Å². The smallest absolute Gasteiger partial charge is 0.324 e. The van der Waals surface area contributed by atoms with Crippen molar-refractivity contribution in [2.75, 3.05) is 25.0 Å². The molecule has 0 spiro atoms. The fourth-order valence-electron chi connectivity index (χ4n) is 3.40. The molecule has 0 bridgehead atoms. The molecule has 9 heteroatoms. The molecule has 0 saturated carbocycles. The molecule has 3 rings (SSSR count). The highest BCUT2D eigenvalue weighted by molar-refractivity contribution is 7.16. The second kappa shape index (κ2) is 9.53. The van der Waals surface area contributed by atoms with Gasteiger partial charge in [-0.15, -0.1) is 0 Å². The molecule has 1 aliphatic rings. The van der Waals surface area contributed by atoms with E-state index in [1.165, 1.54) is 12.1 Å². The first-order chi connectivity index (χ1) is 14.3. The van der Waals surface area contributed by atoms with E-state index in [0.29, 0.717) is 37.4 Å². The fraction of sp³-hybridized carbons (Fsp3) is 0.333. The topological polar surface area (TPSA) is 104 Å². The second-order valence-corrected chi connectivity index (χ2v) is 8.32. The van der Waals surface area contributed by atoms with Gasteiger partial charge in [-0.25, -0.2) is 0 Å². The van der Waals surface area contributed by atoms with E-state index in [1.54, 1.807) is 24.1 Å². The average Bonchev–Trinajstić information content (AvgIpc) is 3.21. The Morgan fingerprint density at radius 1 is 1.30 bits per heavy atom. The van der Waals surface area contributed by atoms with Gasteiger partial charge in [-0.05, 0) is 42.7 Å². The van der Waals surface area contributed by atoms with Crippen LogP contribution in [0.25, 0.3) is 6.08 Å². The number of hydrogen-bond acceptors (Lipinski definition) is 6. The molecule has 8 nitrogen and oxygen atoms in total. The SMILES string of the molecule is CN(Cc1cccc(N2CCC(C(=O)O)CC2)c1)C(=O)/C=C/c1ccc([N+](=O)[O-])s1. The fourth-order valence-corrected chi connectivity index (χ4v) is 4.12. The number of rotatable bonds is 7. The Morgan fingerprint density at radius 2 is 2.03 bits per heavy atom. The predicted octanol–water partition coefficient (Wildman–Crippen LogP) is 3.63. The van der Waals surface area contributed by atoms with Crippen molar-refractivity contribution in [2.45, 2.75) is 19.4 Å². The zero-order chi connectivity index (χ0) is 21.7. The summed E-state index contributed by atoms with van der Waals surface area (Å²) in [6.07, 6.45) is 4.25. The van der Waals surface area contributed by atoms with Crippen LogP contribution in [0.1, 0.15) is 23.3 Å². The van der Waals surface area contributed by atoms with Gasteiger partial charge in [0.1, 0.15) is 0 Å². The van der Waals surface area contributed by atoms with Crippen molar-refractivity contribution < 1.29 is 19.6 Å². The normalized spacial score (nSPS) is 14.8. The van der Waals surface area contributed by atoms with E-state index in [9.17, 15) is 19.7 Å². The van der Waals surface area contributed by atoms with Gasteiger partial charge < -0.3 is 14.9 Å². The second-order valence-electron chi connectivity index (χ2n) is 7.23. The molecule has 1 fully saturated rings. The molecule has 1 aromatic heterocycles. The number of anilines is 1. The van der Waals surface area contributed by atoms with Crippen LogP contribution in [0.4, 0.5) is 10.7 Å². The molecule has 2 aromatic rings. The molecule has 1 N–H and O–H groups in total. The molecule has 0 aliphatic carbocycles. The lowest BCUT2D eigenvalue weighted by atomic mass is 9.96. The van der Waals surface area contributed by atoms with E-state index in [2.05, 4.69) is 4.90 Å². The average molecular weight is 429 g/mol. The maximum atomic E-state index is 12.4. The summed E-state index contributed by atoms with van der Waals surface area (Å²) in [5, 5.41) is 19.9. The van der Waals surface area contributed by atoms with E-state index < -0.39 is 10.9 Å². The number of benzene rings is 1. The van der Waals surface area contributed by atoms with Crippen LogP contribution in [0.2, 0.25) is 0 Å². The summed E-state index contributed by atoms with van der Waals surface area (Å²) >= 11 is 1.02. The van der Waals surface area contributed by atoms with Gasteiger partial charge in [0.05, 0.1) is 10.8 Å². The molecule has 1 saturated heterocycles. The van der Waals surface area contributed by atoms with Gasteiger partial charge in [0.2, 0.25) is 5.91 Å². The lowest BCUT2D eigenvalue weighted by Gasteiger charge is -2.32. The minimum absolute atomic E-state index is 0.0413. The molecule has 1 amide bonds. The molecule has 0 unspecified atom stereocenters. The molecule has 30 heavy (non-hydrogen) atoms. The maximum Gasteiger partial charge on any atom is 0.324 e. The standard InChI is InChI=1S/C21H23N3O5S/c1-22(19(25)7-5-18-6-8-20(30-18)24(28)29)14-15-3-2-4-17(13-15)23-11-9-16(10-12-23)21(26)27/h2-8,13,16H,9-12,14H2,1H3,(H,26,27)/b7-5+. The molecule has 0 atom stereocenters. The summed E-state index contributed by atoms with van der Waals surface area (Å²) in [6.45, 7) is 1.82. The molecule has 1 aromatic carbocycles. The Balaban J connectivity index is 1.58. The number of carboxylic acid groups (broad SMARTS) is 1. The maximum absolute atomic E-state index is 12.4. The van der Waals surface area contributed by atoms with Gasteiger partial charge in [0.15, 0.2) is 0 Å². The van der Waals surface area contributed by atoms with Gasteiger partial charge in [-0.3, -0.25) is 19.7 Å². The van der Waals surface area contributed by atoms with Crippen molar-refractivity contribution in [3.8, 4) is 0 Å². The Labute approximate surface area is 178 Å². The predicted molar refractivity (Wildman–Crippen MR) is 115 cm³/mol. The highest BCUT2D eigenvalue weighted by Gasteiger charge is 2.24. The van der Waals surface area contributed by atoms with Crippen LogP contribution in [0.5, 0.6) is 0 Å². The molecular weight excluding hydrogens is 406 g/mol. The molecule has 0 radical (unpaired) electrons. The van der Waals surface area contributed by atoms with Crippen molar-refractivity contribution >= 4 is 40.0 Å². The van der Waals surface area contributed by atoms with Crippen LogP contribution in [0.15, 0.2) is 42.5 Å². The number of piperidine rings is 1. The summed E-state index contributed by atoms with van der Waals surface area (Å²) in [6, 6.07) is 10.9. The van der Waals surface area contributed by atoms with Gasteiger partial charge in [-0.1, -0.05) is 23.5 Å². The van der Waals surface area contributed by atoms with Crippen LogP contribution in [-0.2, 0) is 16.1 Å². The Hall–Kier alpha value is -3.20. The lowest BCUT2D eigenvalue weighted by Crippen LogP contribution is -2.36. The Bertz CT molecular complexity index is 963. The van der Waals surface area contributed by atoms with Gasteiger partial charge >= 0.3 is 11.0 Å². The van der Waals surface area contributed by atoms with Crippen LogP contribution in [0.3, 0.4) is 0 Å². The first kappa shape index (κ1) is 21.5. The van der Waals surface area contributed by atoms with Crippen molar-refractivity contribution in [2.24, 2.45) is 5.92 Å². The highest BCUT2D eigenvalue weighted by Crippen LogP contribution is 2.26. The number of likely N-dealkylation sites (N-methyl/N-ethyl adjacent to an activating group) is 1.